The molecular weight excluding hydrogens is 311 g/mol. The van der Waals surface area contributed by atoms with Crippen molar-refractivity contribution in [2.24, 2.45) is 10.8 Å². The molecule has 4 nitrogen and oxygen atoms in total. The van der Waals surface area contributed by atoms with E-state index >= 15 is 0 Å². The lowest BCUT2D eigenvalue weighted by Gasteiger charge is -2.05. The van der Waals surface area contributed by atoms with E-state index in [1.54, 1.807) is 18.3 Å². The molecule has 0 spiro atoms. The normalized spacial score (nSPS) is 11.2. The third-order valence-electron chi connectivity index (χ3n) is 3.46. The van der Waals surface area contributed by atoms with Crippen LogP contribution in [-0.2, 0) is 6.54 Å². The van der Waals surface area contributed by atoms with E-state index in [0.717, 1.165) is 22.0 Å². The second kappa shape index (κ2) is 6.58. The number of halogens is 1. The Morgan fingerprint density at radius 2 is 1.96 bits per heavy atom. The molecule has 0 aliphatic heterocycles. The minimum absolute atomic E-state index is 0.122. The Labute approximate surface area is 138 Å². The summed E-state index contributed by atoms with van der Waals surface area (Å²) in [6.07, 6.45) is 3.68. The SMILES string of the molecule is NC(=S)N/N=C\c1cn(Cc2ccc(F)cc2)c2ccccc12. The van der Waals surface area contributed by atoms with Gasteiger partial charge in [0.2, 0.25) is 0 Å². The Balaban J connectivity index is 1.95. The number of aromatic nitrogens is 1. The predicted molar refractivity (Wildman–Crippen MR) is 95.0 cm³/mol. The van der Waals surface area contributed by atoms with Crippen LogP contribution >= 0.6 is 12.2 Å². The van der Waals surface area contributed by atoms with Crippen molar-refractivity contribution in [1.29, 1.82) is 0 Å². The van der Waals surface area contributed by atoms with Gasteiger partial charge < -0.3 is 10.3 Å². The Kier molecular flexibility index (Phi) is 4.34. The van der Waals surface area contributed by atoms with E-state index in [9.17, 15) is 4.39 Å². The first kappa shape index (κ1) is 15.2. The average Bonchev–Trinajstić information content (AvgIpc) is 2.88. The second-order valence-corrected chi connectivity index (χ2v) is 5.53. The van der Waals surface area contributed by atoms with Crippen molar-refractivity contribution in [1.82, 2.24) is 9.99 Å². The molecule has 0 saturated heterocycles. The number of thiocarbonyl (C=S) groups is 1. The Hall–Kier alpha value is -2.73. The van der Waals surface area contributed by atoms with Crippen LogP contribution in [0, 0.1) is 5.82 Å². The van der Waals surface area contributed by atoms with Crippen molar-refractivity contribution in [3.63, 3.8) is 0 Å². The third kappa shape index (κ3) is 3.54. The molecule has 23 heavy (non-hydrogen) atoms. The molecular formula is C17H15FN4S. The maximum absolute atomic E-state index is 13.0. The quantitative estimate of drug-likeness (QED) is 0.440. The van der Waals surface area contributed by atoms with Crippen molar-refractivity contribution in [3.05, 3.63) is 71.7 Å². The number of benzene rings is 2. The smallest absolute Gasteiger partial charge is 0.184 e. The minimum Gasteiger partial charge on any atom is -0.375 e. The lowest BCUT2D eigenvalue weighted by atomic mass is 10.2. The zero-order chi connectivity index (χ0) is 16.2. The van der Waals surface area contributed by atoms with Gasteiger partial charge in [-0.1, -0.05) is 30.3 Å². The zero-order valence-electron chi connectivity index (χ0n) is 12.2. The van der Waals surface area contributed by atoms with Crippen LogP contribution in [0.15, 0.2) is 59.8 Å². The van der Waals surface area contributed by atoms with Gasteiger partial charge in [0, 0.05) is 29.2 Å². The number of para-hydroxylation sites is 1. The first-order valence-electron chi connectivity index (χ1n) is 7.04. The van der Waals surface area contributed by atoms with Gasteiger partial charge in [-0.15, -0.1) is 0 Å². The fraction of sp³-hybridized carbons (Fsp3) is 0.0588. The van der Waals surface area contributed by atoms with Gasteiger partial charge in [-0.05, 0) is 36.0 Å². The third-order valence-corrected chi connectivity index (χ3v) is 3.56. The first-order chi connectivity index (χ1) is 11.1. The van der Waals surface area contributed by atoms with Crippen LogP contribution in [0.3, 0.4) is 0 Å². The van der Waals surface area contributed by atoms with E-state index in [1.165, 1.54) is 12.1 Å². The largest absolute Gasteiger partial charge is 0.375 e. The molecule has 116 valence electrons. The van der Waals surface area contributed by atoms with Gasteiger partial charge in [-0.3, -0.25) is 5.43 Å². The highest BCUT2D eigenvalue weighted by Crippen LogP contribution is 2.21. The minimum atomic E-state index is -0.234. The van der Waals surface area contributed by atoms with Crippen molar-refractivity contribution >= 4 is 34.4 Å². The number of hydrogen-bond acceptors (Lipinski definition) is 2. The molecule has 1 aromatic heterocycles. The maximum atomic E-state index is 13.0. The van der Waals surface area contributed by atoms with Gasteiger partial charge >= 0.3 is 0 Å². The molecule has 0 fully saturated rings. The van der Waals surface area contributed by atoms with E-state index in [1.807, 2.05) is 30.5 Å². The zero-order valence-corrected chi connectivity index (χ0v) is 13.1. The summed E-state index contributed by atoms with van der Waals surface area (Å²) in [4.78, 5) is 0. The molecule has 2 aromatic carbocycles. The van der Waals surface area contributed by atoms with Crippen LogP contribution in [0.4, 0.5) is 4.39 Å². The van der Waals surface area contributed by atoms with Crippen LogP contribution in [0.1, 0.15) is 11.1 Å². The number of hydrazone groups is 1. The predicted octanol–water partition coefficient (Wildman–Crippen LogP) is 3.00. The Morgan fingerprint density at radius 1 is 1.22 bits per heavy atom. The monoisotopic (exact) mass is 326 g/mol. The fourth-order valence-electron chi connectivity index (χ4n) is 2.46. The van der Waals surface area contributed by atoms with E-state index in [0.29, 0.717) is 6.54 Å². The van der Waals surface area contributed by atoms with Gasteiger partial charge in [0.15, 0.2) is 5.11 Å². The second-order valence-electron chi connectivity index (χ2n) is 5.09. The lowest BCUT2D eigenvalue weighted by Crippen LogP contribution is -2.23. The van der Waals surface area contributed by atoms with E-state index in [4.69, 9.17) is 18.0 Å². The molecule has 3 rings (SSSR count). The van der Waals surface area contributed by atoms with Crippen LogP contribution in [0.5, 0.6) is 0 Å². The molecule has 1 heterocycles. The molecule has 0 aliphatic rings. The number of nitrogens with one attached hydrogen (secondary N) is 1. The topological polar surface area (TPSA) is 55.3 Å². The van der Waals surface area contributed by atoms with Crippen LogP contribution in [0.25, 0.3) is 10.9 Å². The van der Waals surface area contributed by atoms with Gasteiger partial charge in [0.05, 0.1) is 6.21 Å². The molecule has 0 saturated carbocycles. The van der Waals surface area contributed by atoms with E-state index < -0.39 is 0 Å². The summed E-state index contributed by atoms with van der Waals surface area (Å²) in [5.41, 5.74) is 11.0. The first-order valence-corrected chi connectivity index (χ1v) is 7.45. The Morgan fingerprint density at radius 3 is 2.70 bits per heavy atom. The Bertz CT molecular complexity index is 868. The molecule has 0 unspecified atom stereocenters. The number of hydrogen-bond donors (Lipinski definition) is 2. The molecule has 0 radical (unpaired) electrons. The number of nitrogens with zero attached hydrogens (tertiary/aromatic N) is 2. The molecule has 3 N–H and O–H groups in total. The van der Waals surface area contributed by atoms with Gasteiger partial charge in [-0.2, -0.15) is 5.10 Å². The van der Waals surface area contributed by atoms with Crippen molar-refractivity contribution < 1.29 is 4.39 Å². The molecule has 0 aliphatic carbocycles. The highest BCUT2D eigenvalue weighted by atomic mass is 32.1. The van der Waals surface area contributed by atoms with Crippen molar-refractivity contribution in [2.45, 2.75) is 6.54 Å². The van der Waals surface area contributed by atoms with Crippen LogP contribution in [0.2, 0.25) is 0 Å². The van der Waals surface area contributed by atoms with Gasteiger partial charge in [0.1, 0.15) is 5.82 Å². The lowest BCUT2D eigenvalue weighted by molar-refractivity contribution is 0.626. The summed E-state index contributed by atoms with van der Waals surface area (Å²) in [7, 11) is 0. The summed E-state index contributed by atoms with van der Waals surface area (Å²) in [6.45, 7) is 0.650. The number of nitrogens with two attached hydrogens (primary N) is 1. The average molecular weight is 326 g/mol. The molecule has 6 heteroatoms. The standard InChI is InChI=1S/C17H15FN4S/c18-14-7-5-12(6-8-14)10-22-11-13(9-20-21-17(19)23)15-3-1-2-4-16(15)22/h1-9,11H,10H2,(H3,19,21,23)/b20-9-. The highest BCUT2D eigenvalue weighted by molar-refractivity contribution is 7.80. The summed E-state index contributed by atoms with van der Waals surface area (Å²) in [5.74, 6) is -0.234. The van der Waals surface area contributed by atoms with E-state index in [2.05, 4.69) is 15.1 Å². The number of rotatable bonds is 4. The van der Waals surface area contributed by atoms with Crippen LogP contribution < -0.4 is 11.2 Å². The summed E-state index contributed by atoms with van der Waals surface area (Å²) < 4.78 is 15.1. The molecule has 0 amide bonds. The van der Waals surface area contributed by atoms with Crippen molar-refractivity contribution in [3.8, 4) is 0 Å². The maximum Gasteiger partial charge on any atom is 0.184 e. The van der Waals surface area contributed by atoms with Crippen molar-refractivity contribution in [2.75, 3.05) is 0 Å². The summed E-state index contributed by atoms with van der Waals surface area (Å²) in [6, 6.07) is 14.5. The van der Waals surface area contributed by atoms with Gasteiger partial charge in [0.25, 0.3) is 0 Å². The fourth-order valence-corrected chi connectivity index (χ4v) is 2.51. The molecule has 3 aromatic rings. The summed E-state index contributed by atoms with van der Waals surface area (Å²) in [5, 5.41) is 5.21. The number of fused-ring (bicyclic) bond motifs is 1. The van der Waals surface area contributed by atoms with Crippen LogP contribution in [-0.4, -0.2) is 15.9 Å². The van der Waals surface area contributed by atoms with Gasteiger partial charge in [-0.25, -0.2) is 4.39 Å². The van der Waals surface area contributed by atoms with E-state index in [-0.39, 0.29) is 10.9 Å². The molecule has 0 atom stereocenters. The molecule has 0 bridgehead atoms. The summed E-state index contributed by atoms with van der Waals surface area (Å²) >= 11 is 4.73. The highest BCUT2D eigenvalue weighted by Gasteiger charge is 2.07.